The minimum absolute atomic E-state index is 0.0986. The summed E-state index contributed by atoms with van der Waals surface area (Å²) in [6.07, 6.45) is 0. The van der Waals surface area contributed by atoms with Crippen LogP contribution in [-0.4, -0.2) is 22.2 Å². The van der Waals surface area contributed by atoms with Gasteiger partial charge in [0.1, 0.15) is 11.8 Å². The van der Waals surface area contributed by atoms with E-state index in [1.54, 1.807) is 0 Å². The normalized spacial score (nSPS) is 14.7. The number of aromatic hydroxyl groups is 1. The van der Waals surface area contributed by atoms with Crippen molar-refractivity contribution in [3.8, 4) is 5.75 Å². The van der Waals surface area contributed by atoms with Crippen LogP contribution in [0.5, 0.6) is 5.75 Å². The molecule has 0 fully saturated rings. The van der Waals surface area contributed by atoms with Crippen molar-refractivity contribution in [1.82, 2.24) is 0 Å². The first-order valence-corrected chi connectivity index (χ1v) is 4.37. The second-order valence-electron chi connectivity index (χ2n) is 2.86. The predicted molar refractivity (Wildman–Crippen MR) is 52.3 cm³/mol. The van der Waals surface area contributed by atoms with Crippen LogP contribution in [-0.2, 0) is 4.79 Å². The van der Waals surface area contributed by atoms with Crippen molar-refractivity contribution in [2.24, 2.45) is 5.73 Å². The molecule has 0 saturated heterocycles. The molecule has 0 heterocycles. The molecule has 0 aliphatic carbocycles. The molecule has 1 aromatic rings. The first-order valence-electron chi connectivity index (χ1n) is 3.93. The molecule has 0 aromatic heterocycles. The highest BCUT2D eigenvalue weighted by Crippen LogP contribution is 2.24. The fraction of sp³-hybridized carbons (Fsp3) is 0.222. The van der Waals surface area contributed by atoms with Crippen LogP contribution in [0.25, 0.3) is 0 Å². The molecular formula is C9H10ClNO3. The quantitative estimate of drug-likeness (QED) is 0.659. The van der Waals surface area contributed by atoms with Crippen LogP contribution in [0.1, 0.15) is 10.9 Å². The van der Waals surface area contributed by atoms with Gasteiger partial charge in [0.05, 0.1) is 5.38 Å². The molecule has 4 N–H and O–H groups in total. The third-order valence-corrected chi connectivity index (χ3v) is 2.34. The summed E-state index contributed by atoms with van der Waals surface area (Å²) in [4.78, 5) is 10.5. The second kappa shape index (κ2) is 4.30. The molecule has 0 bridgehead atoms. The van der Waals surface area contributed by atoms with E-state index in [1.165, 1.54) is 24.3 Å². The van der Waals surface area contributed by atoms with E-state index in [0.29, 0.717) is 5.56 Å². The summed E-state index contributed by atoms with van der Waals surface area (Å²) in [6, 6.07) is 4.78. The van der Waals surface area contributed by atoms with Crippen molar-refractivity contribution in [2.45, 2.75) is 11.4 Å². The van der Waals surface area contributed by atoms with Crippen molar-refractivity contribution < 1.29 is 15.0 Å². The topological polar surface area (TPSA) is 83.6 Å². The third-order valence-electron chi connectivity index (χ3n) is 1.81. The standard InChI is InChI=1S/C9H10ClNO3/c10-7(8(11)9(13)14)5-1-3-6(12)4-2-5/h1-4,7-8,12H,11H2,(H,13,14)/t7?,8-/m1/s1. The maximum atomic E-state index is 10.5. The molecule has 0 aliphatic heterocycles. The first-order chi connectivity index (χ1) is 6.52. The molecule has 5 heteroatoms. The Morgan fingerprint density at radius 3 is 2.29 bits per heavy atom. The van der Waals surface area contributed by atoms with Gasteiger partial charge in [-0.1, -0.05) is 12.1 Å². The molecule has 2 atom stereocenters. The summed E-state index contributed by atoms with van der Waals surface area (Å²) in [7, 11) is 0. The van der Waals surface area contributed by atoms with Gasteiger partial charge < -0.3 is 15.9 Å². The largest absolute Gasteiger partial charge is 0.508 e. The average Bonchev–Trinajstić information content (AvgIpc) is 2.16. The minimum atomic E-state index is -1.15. The summed E-state index contributed by atoms with van der Waals surface area (Å²) in [5.74, 6) is -1.06. The lowest BCUT2D eigenvalue weighted by molar-refractivity contribution is -0.138. The van der Waals surface area contributed by atoms with Gasteiger partial charge in [0.15, 0.2) is 0 Å². The zero-order valence-electron chi connectivity index (χ0n) is 7.22. The number of halogens is 1. The lowest BCUT2D eigenvalue weighted by Gasteiger charge is -2.13. The second-order valence-corrected chi connectivity index (χ2v) is 3.33. The van der Waals surface area contributed by atoms with Gasteiger partial charge in [-0.05, 0) is 17.7 Å². The number of rotatable bonds is 3. The number of hydrogen-bond donors (Lipinski definition) is 3. The van der Waals surface area contributed by atoms with Crippen LogP contribution in [0.4, 0.5) is 0 Å². The number of phenolic OH excluding ortho intramolecular Hbond substituents is 1. The van der Waals surface area contributed by atoms with E-state index < -0.39 is 17.4 Å². The van der Waals surface area contributed by atoms with Crippen LogP contribution in [0, 0.1) is 0 Å². The molecule has 1 rings (SSSR count). The van der Waals surface area contributed by atoms with E-state index in [4.69, 9.17) is 27.5 Å². The van der Waals surface area contributed by atoms with Crippen molar-refractivity contribution in [3.05, 3.63) is 29.8 Å². The Hall–Kier alpha value is -1.26. The average molecular weight is 216 g/mol. The number of phenols is 1. The molecule has 14 heavy (non-hydrogen) atoms. The van der Waals surface area contributed by atoms with Crippen LogP contribution in [0.15, 0.2) is 24.3 Å². The Morgan fingerprint density at radius 1 is 1.36 bits per heavy atom. The van der Waals surface area contributed by atoms with Crippen LogP contribution < -0.4 is 5.73 Å². The van der Waals surface area contributed by atoms with E-state index in [-0.39, 0.29) is 5.75 Å². The van der Waals surface area contributed by atoms with Crippen LogP contribution in [0.3, 0.4) is 0 Å². The minimum Gasteiger partial charge on any atom is -0.508 e. The maximum absolute atomic E-state index is 10.5. The molecule has 1 unspecified atom stereocenters. The SMILES string of the molecule is N[C@@H](C(=O)O)C(Cl)c1ccc(O)cc1. The summed E-state index contributed by atoms with van der Waals surface area (Å²) in [5, 5.41) is 16.8. The predicted octanol–water partition coefficient (Wildman–Crippen LogP) is 1.08. The molecule has 0 aliphatic rings. The van der Waals surface area contributed by atoms with E-state index in [9.17, 15) is 4.79 Å². The van der Waals surface area contributed by atoms with Gasteiger partial charge in [-0.2, -0.15) is 0 Å². The fourth-order valence-corrected chi connectivity index (χ4v) is 1.24. The number of alkyl halides is 1. The zero-order valence-corrected chi connectivity index (χ0v) is 7.98. The molecule has 0 amide bonds. The Bertz CT molecular complexity index is 325. The van der Waals surface area contributed by atoms with Gasteiger partial charge in [0, 0.05) is 0 Å². The highest BCUT2D eigenvalue weighted by molar-refractivity contribution is 6.22. The lowest BCUT2D eigenvalue weighted by Crippen LogP contribution is -2.34. The van der Waals surface area contributed by atoms with Gasteiger partial charge >= 0.3 is 5.97 Å². The van der Waals surface area contributed by atoms with Gasteiger partial charge in [0.2, 0.25) is 0 Å². The van der Waals surface area contributed by atoms with E-state index >= 15 is 0 Å². The molecule has 4 nitrogen and oxygen atoms in total. The van der Waals surface area contributed by atoms with Crippen molar-refractivity contribution in [3.63, 3.8) is 0 Å². The third kappa shape index (κ3) is 2.37. The smallest absolute Gasteiger partial charge is 0.322 e. The Balaban J connectivity index is 2.84. The first kappa shape index (κ1) is 10.8. The lowest BCUT2D eigenvalue weighted by atomic mass is 10.1. The van der Waals surface area contributed by atoms with Crippen molar-refractivity contribution >= 4 is 17.6 Å². The van der Waals surface area contributed by atoms with Gasteiger partial charge in [-0.3, -0.25) is 4.79 Å². The molecule has 0 saturated carbocycles. The van der Waals surface area contributed by atoms with E-state index in [0.717, 1.165) is 0 Å². The number of carbonyl (C=O) groups is 1. The number of carboxylic acids is 1. The highest BCUT2D eigenvalue weighted by Gasteiger charge is 2.23. The zero-order chi connectivity index (χ0) is 10.7. The Morgan fingerprint density at radius 2 is 1.86 bits per heavy atom. The molecule has 0 spiro atoms. The van der Waals surface area contributed by atoms with E-state index in [2.05, 4.69) is 0 Å². The Labute approximate surface area is 85.9 Å². The van der Waals surface area contributed by atoms with Crippen LogP contribution in [0.2, 0.25) is 0 Å². The molecular weight excluding hydrogens is 206 g/mol. The highest BCUT2D eigenvalue weighted by atomic mass is 35.5. The summed E-state index contributed by atoms with van der Waals surface area (Å²) in [5.41, 5.74) is 5.90. The monoisotopic (exact) mass is 215 g/mol. The number of benzene rings is 1. The molecule has 1 aromatic carbocycles. The number of aliphatic carboxylic acids is 1. The fourth-order valence-electron chi connectivity index (χ4n) is 0.991. The van der Waals surface area contributed by atoms with E-state index in [1.807, 2.05) is 0 Å². The number of carboxylic acid groups (broad SMARTS) is 1. The van der Waals surface area contributed by atoms with Crippen molar-refractivity contribution in [2.75, 3.05) is 0 Å². The molecule has 76 valence electrons. The number of nitrogens with two attached hydrogens (primary N) is 1. The van der Waals surface area contributed by atoms with Gasteiger partial charge in [-0.15, -0.1) is 11.6 Å². The molecule has 0 radical (unpaired) electrons. The van der Waals surface area contributed by atoms with Crippen LogP contribution >= 0.6 is 11.6 Å². The van der Waals surface area contributed by atoms with Gasteiger partial charge in [-0.25, -0.2) is 0 Å². The van der Waals surface area contributed by atoms with Crippen molar-refractivity contribution in [1.29, 1.82) is 0 Å². The summed E-state index contributed by atoms with van der Waals surface area (Å²) >= 11 is 5.82. The summed E-state index contributed by atoms with van der Waals surface area (Å²) in [6.45, 7) is 0. The number of hydrogen-bond acceptors (Lipinski definition) is 3. The summed E-state index contributed by atoms with van der Waals surface area (Å²) < 4.78 is 0. The Kier molecular flexibility index (Phi) is 3.33. The maximum Gasteiger partial charge on any atom is 0.322 e. The van der Waals surface area contributed by atoms with Gasteiger partial charge in [0.25, 0.3) is 0 Å².